The topological polar surface area (TPSA) is 88.8 Å². The van der Waals surface area contributed by atoms with Crippen molar-refractivity contribution in [3.8, 4) is 5.75 Å². The van der Waals surface area contributed by atoms with E-state index in [2.05, 4.69) is 31.1 Å². The van der Waals surface area contributed by atoms with Gasteiger partial charge in [0.15, 0.2) is 6.61 Å². The highest BCUT2D eigenvalue weighted by Crippen LogP contribution is 2.26. The molecule has 0 atom stereocenters. The molecule has 0 N–H and O–H groups in total. The van der Waals surface area contributed by atoms with Gasteiger partial charge in [-0.3, -0.25) is 19.8 Å². The van der Waals surface area contributed by atoms with Crippen LogP contribution in [0.1, 0.15) is 31.5 Å². The zero-order valence-corrected chi connectivity index (χ0v) is 17.8. The number of thiazole rings is 1. The van der Waals surface area contributed by atoms with Gasteiger partial charge in [-0.25, -0.2) is 4.98 Å². The van der Waals surface area contributed by atoms with Crippen LogP contribution in [0.4, 0.5) is 5.69 Å². The third-order valence-corrected chi connectivity index (χ3v) is 6.03. The fraction of sp³-hybridized carbons (Fsp3) is 0.500. The summed E-state index contributed by atoms with van der Waals surface area (Å²) in [5.74, 6) is 0.368. The van der Waals surface area contributed by atoms with E-state index in [0.717, 1.165) is 30.3 Å². The molecule has 156 valence electrons. The number of hydrogen-bond donors (Lipinski definition) is 0. The number of carbonyl (C=O) groups excluding carboxylic acids is 1. The van der Waals surface area contributed by atoms with Crippen LogP contribution in [0.3, 0.4) is 0 Å². The summed E-state index contributed by atoms with van der Waals surface area (Å²) < 4.78 is 5.48. The maximum absolute atomic E-state index is 12.4. The molecule has 2 aromatic rings. The summed E-state index contributed by atoms with van der Waals surface area (Å²) in [4.78, 5) is 31.4. The van der Waals surface area contributed by atoms with Crippen molar-refractivity contribution in [3.63, 3.8) is 0 Å². The van der Waals surface area contributed by atoms with Gasteiger partial charge in [-0.1, -0.05) is 20.8 Å². The van der Waals surface area contributed by atoms with Gasteiger partial charge in [-0.2, -0.15) is 0 Å². The number of nitrogens with zero attached hydrogens (tertiary/aromatic N) is 4. The highest BCUT2D eigenvalue weighted by molar-refractivity contribution is 7.09. The predicted molar refractivity (Wildman–Crippen MR) is 111 cm³/mol. The molecule has 8 nitrogen and oxygen atoms in total. The van der Waals surface area contributed by atoms with Gasteiger partial charge in [0.25, 0.3) is 11.6 Å². The Bertz CT molecular complexity index is 852. The molecular formula is C20H26N4O4S. The van der Waals surface area contributed by atoms with Crippen molar-refractivity contribution >= 4 is 22.9 Å². The second-order valence-corrected chi connectivity index (χ2v) is 8.95. The Labute approximate surface area is 174 Å². The first-order valence-electron chi connectivity index (χ1n) is 9.54. The minimum Gasteiger partial charge on any atom is -0.484 e. The van der Waals surface area contributed by atoms with E-state index in [-0.39, 0.29) is 23.6 Å². The minimum absolute atomic E-state index is 0.00506. The quantitative estimate of drug-likeness (QED) is 0.529. The second-order valence-electron chi connectivity index (χ2n) is 8.09. The number of piperazine rings is 1. The van der Waals surface area contributed by atoms with Crippen LogP contribution in [0.15, 0.2) is 29.6 Å². The molecule has 3 rings (SSSR count). The number of amides is 1. The van der Waals surface area contributed by atoms with Crippen LogP contribution in [0.5, 0.6) is 5.75 Å². The molecule has 1 amide bonds. The fourth-order valence-electron chi connectivity index (χ4n) is 3.01. The third kappa shape index (κ3) is 5.74. The number of aromatic nitrogens is 1. The average Bonchev–Trinajstić information content (AvgIpc) is 3.16. The van der Waals surface area contributed by atoms with Crippen molar-refractivity contribution in [3.05, 3.63) is 50.5 Å². The molecule has 0 saturated carbocycles. The van der Waals surface area contributed by atoms with Crippen LogP contribution >= 0.6 is 11.3 Å². The Morgan fingerprint density at radius 1 is 1.21 bits per heavy atom. The van der Waals surface area contributed by atoms with Crippen molar-refractivity contribution in [2.24, 2.45) is 0 Å². The van der Waals surface area contributed by atoms with E-state index < -0.39 is 4.92 Å². The van der Waals surface area contributed by atoms with Gasteiger partial charge in [0.2, 0.25) is 0 Å². The zero-order valence-electron chi connectivity index (χ0n) is 17.0. The van der Waals surface area contributed by atoms with E-state index >= 15 is 0 Å². The monoisotopic (exact) mass is 418 g/mol. The summed E-state index contributed by atoms with van der Waals surface area (Å²) >= 11 is 1.70. The fourth-order valence-corrected chi connectivity index (χ4v) is 3.91. The lowest BCUT2D eigenvalue weighted by molar-refractivity contribution is -0.384. The molecule has 1 aliphatic rings. The van der Waals surface area contributed by atoms with E-state index in [9.17, 15) is 14.9 Å². The number of nitro benzene ring substituents is 1. The molecule has 9 heteroatoms. The first-order chi connectivity index (χ1) is 13.7. The summed E-state index contributed by atoms with van der Waals surface area (Å²) in [5.41, 5.74) is 1.15. The first kappa shape index (κ1) is 21.2. The highest BCUT2D eigenvalue weighted by atomic mass is 32.1. The molecule has 0 bridgehead atoms. The van der Waals surface area contributed by atoms with Crippen LogP contribution in [0.2, 0.25) is 0 Å². The molecule has 0 aliphatic carbocycles. The zero-order chi connectivity index (χ0) is 21.0. The molecule has 1 fully saturated rings. The van der Waals surface area contributed by atoms with E-state index in [1.165, 1.54) is 24.3 Å². The number of carbonyl (C=O) groups is 1. The molecule has 0 spiro atoms. The summed E-state index contributed by atoms with van der Waals surface area (Å²) in [7, 11) is 0. The second kappa shape index (κ2) is 8.87. The Morgan fingerprint density at radius 3 is 2.41 bits per heavy atom. The molecule has 1 aliphatic heterocycles. The van der Waals surface area contributed by atoms with Crippen LogP contribution in [-0.4, -0.2) is 58.4 Å². The Kier molecular flexibility index (Phi) is 6.49. The minimum atomic E-state index is -0.468. The van der Waals surface area contributed by atoms with Crippen LogP contribution in [0.25, 0.3) is 0 Å². The number of benzene rings is 1. The SMILES string of the molecule is CC(C)(C)c1nc(CN2CCN(C(=O)COc3ccc([N+](=O)[O-])cc3)CC2)cs1. The van der Waals surface area contributed by atoms with Crippen molar-refractivity contribution in [2.75, 3.05) is 32.8 Å². The molecule has 29 heavy (non-hydrogen) atoms. The largest absolute Gasteiger partial charge is 0.484 e. The summed E-state index contributed by atoms with van der Waals surface area (Å²) in [6.45, 7) is 10.1. The molecule has 0 radical (unpaired) electrons. The standard InChI is InChI=1S/C20H26N4O4S/c1-20(2,3)19-21-15(14-29-19)12-22-8-10-23(11-9-22)18(25)13-28-17-6-4-16(5-7-17)24(26)27/h4-7,14H,8-13H2,1-3H3. The molecule has 1 aromatic carbocycles. The van der Waals surface area contributed by atoms with Gasteiger partial charge in [-0.15, -0.1) is 11.3 Å². The van der Waals surface area contributed by atoms with E-state index in [1.54, 1.807) is 16.2 Å². The van der Waals surface area contributed by atoms with Gasteiger partial charge >= 0.3 is 0 Å². The molecule has 0 unspecified atom stereocenters. The number of hydrogen-bond acceptors (Lipinski definition) is 7. The van der Waals surface area contributed by atoms with Gasteiger partial charge in [0.05, 0.1) is 15.6 Å². The summed E-state index contributed by atoms with van der Waals surface area (Å²) in [6.07, 6.45) is 0. The van der Waals surface area contributed by atoms with Crippen LogP contribution in [-0.2, 0) is 16.8 Å². The summed E-state index contributed by atoms with van der Waals surface area (Å²) in [6, 6.07) is 5.73. The predicted octanol–water partition coefficient (Wildman–Crippen LogP) is 3.07. The number of non-ortho nitro benzene ring substituents is 1. The van der Waals surface area contributed by atoms with E-state index in [1.807, 2.05) is 0 Å². The van der Waals surface area contributed by atoms with Gasteiger partial charge in [0.1, 0.15) is 5.75 Å². The number of rotatable bonds is 6. The average molecular weight is 419 g/mol. The van der Waals surface area contributed by atoms with Crippen molar-refractivity contribution < 1.29 is 14.5 Å². The lowest BCUT2D eigenvalue weighted by atomic mass is 9.98. The van der Waals surface area contributed by atoms with Crippen molar-refractivity contribution in [1.82, 2.24) is 14.8 Å². The Balaban J connectivity index is 1.43. The van der Waals surface area contributed by atoms with Gasteiger partial charge < -0.3 is 9.64 Å². The number of ether oxygens (including phenoxy) is 1. The Hall–Kier alpha value is -2.52. The third-order valence-electron chi connectivity index (χ3n) is 4.71. The first-order valence-corrected chi connectivity index (χ1v) is 10.4. The normalized spacial score (nSPS) is 15.3. The molecular weight excluding hydrogens is 392 g/mol. The van der Waals surface area contributed by atoms with Crippen molar-refractivity contribution in [1.29, 1.82) is 0 Å². The van der Waals surface area contributed by atoms with Crippen LogP contribution < -0.4 is 4.74 Å². The van der Waals surface area contributed by atoms with Crippen molar-refractivity contribution in [2.45, 2.75) is 32.7 Å². The molecule has 1 aromatic heterocycles. The smallest absolute Gasteiger partial charge is 0.269 e. The van der Waals surface area contributed by atoms with Crippen LogP contribution in [0, 0.1) is 10.1 Å². The molecule has 2 heterocycles. The Morgan fingerprint density at radius 2 is 1.86 bits per heavy atom. The lowest BCUT2D eigenvalue weighted by Crippen LogP contribution is -2.49. The lowest BCUT2D eigenvalue weighted by Gasteiger charge is -2.34. The maximum Gasteiger partial charge on any atom is 0.269 e. The maximum atomic E-state index is 12.4. The number of nitro groups is 1. The molecule has 1 saturated heterocycles. The van der Waals surface area contributed by atoms with Gasteiger partial charge in [0, 0.05) is 55.7 Å². The highest BCUT2D eigenvalue weighted by Gasteiger charge is 2.23. The summed E-state index contributed by atoms with van der Waals surface area (Å²) in [5, 5.41) is 13.9. The van der Waals surface area contributed by atoms with E-state index in [4.69, 9.17) is 9.72 Å². The van der Waals surface area contributed by atoms with Gasteiger partial charge in [-0.05, 0) is 12.1 Å². The van der Waals surface area contributed by atoms with E-state index in [0.29, 0.717) is 18.8 Å².